The Balaban J connectivity index is 0.00000676. The molecule has 12 heteroatoms. The van der Waals surface area contributed by atoms with Crippen LogP contribution < -0.4 is 16.9 Å². The first-order valence-corrected chi connectivity index (χ1v) is 8.69. The Bertz CT molecular complexity index is 547. The number of hydrogen-bond donors (Lipinski definition) is 3. The van der Waals surface area contributed by atoms with Crippen molar-refractivity contribution in [2.45, 2.75) is 51.6 Å². The maximum Gasteiger partial charge on any atom is 0.328 e. The average molecular weight is 409 g/mol. The topological polar surface area (TPSA) is 166 Å². The summed E-state index contributed by atoms with van der Waals surface area (Å²) in [6.07, 6.45) is 2.13. The summed E-state index contributed by atoms with van der Waals surface area (Å²) in [4.78, 5) is 40.3. The van der Waals surface area contributed by atoms with E-state index in [1.807, 2.05) is 6.92 Å². The lowest BCUT2D eigenvalue weighted by molar-refractivity contribution is -0.525. The first-order valence-electron chi connectivity index (χ1n) is 8.69. The van der Waals surface area contributed by atoms with Gasteiger partial charge < -0.3 is 21.1 Å². The lowest BCUT2D eigenvalue weighted by Crippen LogP contribution is -2.55. The predicted octanol–water partition coefficient (Wildman–Crippen LogP) is -0.198. The van der Waals surface area contributed by atoms with Crippen molar-refractivity contribution in [1.82, 2.24) is 10.3 Å². The third-order valence-corrected chi connectivity index (χ3v) is 4.18. The van der Waals surface area contributed by atoms with Crippen molar-refractivity contribution in [2.75, 3.05) is 19.7 Å². The Hall–Kier alpha value is -2.14. The molecule has 1 aliphatic rings. The van der Waals surface area contributed by atoms with Crippen LogP contribution in [0.25, 0.3) is 0 Å². The zero-order chi connectivity index (χ0) is 19.7. The number of nitro groups is 1. The van der Waals surface area contributed by atoms with E-state index in [1.54, 1.807) is 12.3 Å². The van der Waals surface area contributed by atoms with Crippen LogP contribution in [-0.4, -0.2) is 59.5 Å². The molecule has 0 bridgehead atoms. The molecule has 0 aromatic heterocycles. The van der Waals surface area contributed by atoms with Gasteiger partial charge in [-0.05, 0) is 38.5 Å². The molecule has 156 valence electrons. The number of nitrogens with one attached hydrogen (secondary N) is 1. The summed E-state index contributed by atoms with van der Waals surface area (Å²) in [5.74, 6) is -0.670. The van der Waals surface area contributed by atoms with Crippen LogP contribution in [0.3, 0.4) is 0 Å². The number of carbonyl (C=O) groups excluding carboxylic acids is 2. The summed E-state index contributed by atoms with van der Waals surface area (Å²) >= 11 is 0. The number of guanidine groups is 1. The van der Waals surface area contributed by atoms with Crippen LogP contribution in [0.15, 0.2) is 4.99 Å². The van der Waals surface area contributed by atoms with Gasteiger partial charge in [0.15, 0.2) is 5.03 Å². The Morgan fingerprint density at radius 1 is 1.48 bits per heavy atom. The minimum Gasteiger partial charge on any atom is -0.464 e. The smallest absolute Gasteiger partial charge is 0.328 e. The Kier molecular flexibility index (Phi) is 11.3. The molecular formula is C15H29ClN6O5. The van der Waals surface area contributed by atoms with Gasteiger partial charge in [0.1, 0.15) is 6.04 Å². The number of amides is 1. The van der Waals surface area contributed by atoms with Crippen molar-refractivity contribution in [2.24, 2.45) is 22.4 Å². The molecule has 5 N–H and O–H groups in total. The average Bonchev–Trinajstić information content (AvgIpc) is 2.57. The summed E-state index contributed by atoms with van der Waals surface area (Å²) < 4.78 is 5.08. The molecular weight excluding hydrogens is 380 g/mol. The molecule has 0 unspecified atom stereocenters. The Labute approximate surface area is 164 Å². The van der Waals surface area contributed by atoms with Crippen LogP contribution >= 0.6 is 12.4 Å². The molecule has 1 saturated heterocycles. The maximum absolute atomic E-state index is 12.6. The molecule has 0 radical (unpaired) electrons. The summed E-state index contributed by atoms with van der Waals surface area (Å²) in [6, 6.07) is -1.38. The second-order valence-electron chi connectivity index (χ2n) is 6.31. The van der Waals surface area contributed by atoms with Gasteiger partial charge in [-0.1, -0.05) is 12.3 Å². The van der Waals surface area contributed by atoms with Crippen molar-refractivity contribution in [1.29, 1.82) is 0 Å². The number of aliphatic imine (C=N–C) groups is 1. The molecule has 1 fully saturated rings. The van der Waals surface area contributed by atoms with Crippen LogP contribution in [0, 0.1) is 16.0 Å². The molecule has 27 heavy (non-hydrogen) atoms. The second-order valence-corrected chi connectivity index (χ2v) is 6.31. The fourth-order valence-corrected chi connectivity index (χ4v) is 2.84. The molecule has 0 aromatic carbocycles. The number of nitrogens with two attached hydrogens (primary N) is 2. The third-order valence-electron chi connectivity index (χ3n) is 4.18. The van der Waals surface area contributed by atoms with Gasteiger partial charge in [-0.3, -0.25) is 4.79 Å². The predicted molar refractivity (Wildman–Crippen MR) is 102 cm³/mol. The molecule has 1 aliphatic heterocycles. The molecule has 1 rings (SSSR count). The van der Waals surface area contributed by atoms with E-state index in [0.29, 0.717) is 31.7 Å². The summed E-state index contributed by atoms with van der Waals surface area (Å²) in [5, 5.41) is 9.39. The Morgan fingerprint density at radius 3 is 2.74 bits per heavy atom. The maximum atomic E-state index is 12.6. The van der Waals surface area contributed by atoms with Gasteiger partial charge in [0.2, 0.25) is 5.91 Å². The summed E-state index contributed by atoms with van der Waals surface area (Å²) in [5.41, 5.74) is 13.0. The number of hydrogen-bond acceptors (Lipinski definition) is 7. The van der Waals surface area contributed by atoms with Crippen molar-refractivity contribution in [3.05, 3.63) is 10.1 Å². The number of piperidine rings is 1. The lowest BCUT2D eigenvalue weighted by atomic mass is 9.91. The molecule has 0 saturated carbocycles. The van der Waals surface area contributed by atoms with Crippen LogP contribution in [0.2, 0.25) is 0 Å². The lowest BCUT2D eigenvalue weighted by Gasteiger charge is -2.38. The van der Waals surface area contributed by atoms with Crippen molar-refractivity contribution >= 4 is 30.2 Å². The highest BCUT2D eigenvalue weighted by molar-refractivity contribution is 5.87. The van der Waals surface area contributed by atoms with Gasteiger partial charge >= 0.3 is 5.97 Å². The van der Waals surface area contributed by atoms with Crippen molar-refractivity contribution in [3.8, 4) is 0 Å². The number of likely N-dealkylation sites (tertiary alicyclic amines) is 1. The second kappa shape index (κ2) is 12.3. The van der Waals surface area contributed by atoms with E-state index in [4.69, 9.17) is 16.2 Å². The number of ether oxygens (including phenoxy) is 1. The minimum atomic E-state index is -0.805. The van der Waals surface area contributed by atoms with E-state index in [-0.39, 0.29) is 37.4 Å². The molecule has 3 atom stereocenters. The number of hydrazine groups is 1. The monoisotopic (exact) mass is 408 g/mol. The van der Waals surface area contributed by atoms with Crippen molar-refractivity contribution in [3.63, 3.8) is 0 Å². The number of carbonyl (C=O) groups is 2. The molecule has 1 heterocycles. The van der Waals surface area contributed by atoms with E-state index >= 15 is 0 Å². The zero-order valence-electron chi connectivity index (χ0n) is 15.6. The third kappa shape index (κ3) is 8.39. The quantitative estimate of drug-likeness (QED) is 0.124. The Morgan fingerprint density at radius 2 is 2.15 bits per heavy atom. The zero-order valence-corrected chi connectivity index (χ0v) is 16.4. The number of esters is 1. The van der Waals surface area contributed by atoms with Crippen LogP contribution in [0.1, 0.15) is 39.5 Å². The number of rotatable bonds is 8. The number of nitrogens with zero attached hydrogens (tertiary/aromatic N) is 3. The van der Waals surface area contributed by atoms with Crippen molar-refractivity contribution < 1.29 is 19.4 Å². The van der Waals surface area contributed by atoms with Crippen LogP contribution in [-0.2, 0) is 14.3 Å². The molecule has 0 spiro atoms. The molecule has 1 amide bonds. The van der Waals surface area contributed by atoms with Gasteiger partial charge in [0.25, 0.3) is 5.96 Å². The fraction of sp³-hybridized carbons (Fsp3) is 0.800. The number of halogens is 1. The van der Waals surface area contributed by atoms with Gasteiger partial charge in [-0.25, -0.2) is 19.9 Å². The first-order chi connectivity index (χ1) is 12.3. The normalized spacial score (nSPS) is 21.0. The van der Waals surface area contributed by atoms with Gasteiger partial charge in [-0.2, -0.15) is 0 Å². The highest BCUT2D eigenvalue weighted by atomic mass is 35.5. The van der Waals surface area contributed by atoms with E-state index in [0.717, 1.165) is 6.42 Å². The van der Waals surface area contributed by atoms with Gasteiger partial charge in [-0.15, -0.1) is 12.4 Å². The SMILES string of the molecule is CCOC(=O)[C@H]1C[C@H](C)CCN1C(=O)[C@H](N)CCCN=C(N)N[N+](=O)[O-].Cl. The first kappa shape index (κ1) is 24.9. The van der Waals surface area contributed by atoms with Gasteiger partial charge in [0.05, 0.1) is 12.6 Å². The fourth-order valence-electron chi connectivity index (χ4n) is 2.84. The van der Waals surface area contributed by atoms with E-state index in [2.05, 4.69) is 4.99 Å². The molecule has 11 nitrogen and oxygen atoms in total. The van der Waals surface area contributed by atoms with E-state index in [9.17, 15) is 19.7 Å². The summed E-state index contributed by atoms with van der Waals surface area (Å²) in [7, 11) is 0. The summed E-state index contributed by atoms with van der Waals surface area (Å²) in [6.45, 7) is 4.69. The largest absolute Gasteiger partial charge is 0.464 e. The molecule has 0 aromatic rings. The van der Waals surface area contributed by atoms with Crippen LogP contribution in [0.4, 0.5) is 0 Å². The highest BCUT2D eigenvalue weighted by Crippen LogP contribution is 2.24. The van der Waals surface area contributed by atoms with Crippen LogP contribution in [0.5, 0.6) is 0 Å². The highest BCUT2D eigenvalue weighted by Gasteiger charge is 2.37. The molecule has 0 aliphatic carbocycles. The standard InChI is InChI=1S/C15H28N6O5.ClH/c1-3-26-14(23)12-9-10(2)6-8-20(12)13(22)11(16)5-4-7-18-15(17)19-21(24)25;/h10-12H,3-9,16H2,1-2H3,(H3,17,18,19);1H/t10-,11-,12-;/m1./s1. The van der Waals surface area contributed by atoms with E-state index < -0.39 is 23.1 Å². The van der Waals surface area contributed by atoms with E-state index in [1.165, 1.54) is 4.90 Å². The van der Waals surface area contributed by atoms with Gasteiger partial charge in [0, 0.05) is 13.1 Å². The minimum absolute atomic E-state index is 0.